The lowest BCUT2D eigenvalue weighted by atomic mass is 9.90. The Labute approximate surface area is 202 Å². The summed E-state index contributed by atoms with van der Waals surface area (Å²) >= 11 is 6.05. The topological polar surface area (TPSA) is 103 Å². The Hall–Kier alpha value is -2.55. The van der Waals surface area contributed by atoms with Crippen molar-refractivity contribution in [3.63, 3.8) is 0 Å². The molecule has 1 aliphatic carbocycles. The molecule has 3 aromatic rings. The number of carbonyl (C=O) groups is 2. The van der Waals surface area contributed by atoms with Gasteiger partial charge in [-0.3, -0.25) is 14.5 Å². The van der Waals surface area contributed by atoms with Gasteiger partial charge in [0.1, 0.15) is 11.5 Å². The third-order valence-electron chi connectivity index (χ3n) is 6.34. The average molecular weight is 492 g/mol. The molecule has 10 heteroatoms. The molecule has 0 spiro atoms. The molecule has 0 saturated heterocycles. The van der Waals surface area contributed by atoms with Crippen molar-refractivity contribution < 1.29 is 14.0 Å². The molecule has 33 heavy (non-hydrogen) atoms. The molecule has 5 rings (SSSR count). The summed E-state index contributed by atoms with van der Waals surface area (Å²) in [4.78, 5) is 35.4. The molecule has 1 fully saturated rings. The van der Waals surface area contributed by atoms with E-state index in [4.69, 9.17) is 16.0 Å². The van der Waals surface area contributed by atoms with Crippen molar-refractivity contribution in [3.05, 3.63) is 52.3 Å². The first-order chi connectivity index (χ1) is 15.5. The summed E-state index contributed by atoms with van der Waals surface area (Å²) in [5, 5.41) is 7.65. The van der Waals surface area contributed by atoms with Crippen LogP contribution < -0.4 is 10.6 Å². The highest BCUT2D eigenvalue weighted by Crippen LogP contribution is 2.23. The quantitative estimate of drug-likeness (QED) is 0.516. The van der Waals surface area contributed by atoms with Gasteiger partial charge in [0.25, 0.3) is 11.8 Å². The van der Waals surface area contributed by atoms with Gasteiger partial charge < -0.3 is 20.0 Å². The van der Waals surface area contributed by atoms with Crippen LogP contribution in [0.3, 0.4) is 0 Å². The highest BCUT2D eigenvalue weighted by molar-refractivity contribution is 6.31. The fourth-order valence-corrected chi connectivity index (χ4v) is 4.78. The first-order valence-electron chi connectivity index (χ1n) is 11.0. The number of fused-ring (bicyclic) bond motifs is 2. The minimum atomic E-state index is -0.326. The van der Waals surface area contributed by atoms with Gasteiger partial charge in [0, 0.05) is 41.0 Å². The summed E-state index contributed by atoms with van der Waals surface area (Å²) in [5.74, 6) is 0.344. The summed E-state index contributed by atoms with van der Waals surface area (Å²) < 4.78 is 5.74. The Kier molecular flexibility index (Phi) is 6.97. The van der Waals surface area contributed by atoms with Crippen LogP contribution in [0.2, 0.25) is 5.02 Å². The summed E-state index contributed by atoms with van der Waals surface area (Å²) in [7, 11) is 2.02. The molecule has 1 saturated carbocycles. The number of benzene rings is 1. The fraction of sp³-hybridized carbons (Fsp3) is 0.435. The van der Waals surface area contributed by atoms with Crippen LogP contribution in [-0.4, -0.2) is 52.4 Å². The molecule has 0 radical (unpaired) electrons. The molecule has 1 aliphatic heterocycles. The molecule has 0 unspecified atom stereocenters. The second-order valence-corrected chi connectivity index (χ2v) is 9.17. The molecule has 8 nitrogen and oxygen atoms in total. The predicted octanol–water partition coefficient (Wildman–Crippen LogP) is 3.69. The SMILES string of the molecule is CN1CCc2nc(C(=O)N[C@@H]3CCCC[C@H]3NC(=O)c3cc4cc(Cl)ccc4[nH]3)oc2C1.Cl. The van der Waals surface area contributed by atoms with E-state index in [9.17, 15) is 9.59 Å². The third-order valence-corrected chi connectivity index (χ3v) is 6.58. The Morgan fingerprint density at radius 1 is 1.15 bits per heavy atom. The highest BCUT2D eigenvalue weighted by Gasteiger charge is 2.31. The lowest BCUT2D eigenvalue weighted by Crippen LogP contribution is -2.53. The zero-order valence-electron chi connectivity index (χ0n) is 18.3. The van der Waals surface area contributed by atoms with E-state index in [2.05, 4.69) is 25.5 Å². The normalized spacial score (nSPS) is 20.7. The zero-order valence-corrected chi connectivity index (χ0v) is 19.9. The van der Waals surface area contributed by atoms with E-state index in [0.29, 0.717) is 17.3 Å². The first kappa shape index (κ1) is 23.6. The van der Waals surface area contributed by atoms with E-state index < -0.39 is 0 Å². The number of hydrogen-bond donors (Lipinski definition) is 3. The third kappa shape index (κ3) is 5.03. The van der Waals surface area contributed by atoms with Crippen molar-refractivity contribution >= 4 is 46.7 Å². The number of halogens is 2. The van der Waals surface area contributed by atoms with Crippen LogP contribution in [0.25, 0.3) is 10.9 Å². The number of H-pyrrole nitrogens is 1. The number of aromatic amines is 1. The molecule has 2 atom stereocenters. The number of oxazole rings is 1. The zero-order chi connectivity index (χ0) is 22.2. The van der Waals surface area contributed by atoms with Crippen LogP contribution in [0.4, 0.5) is 0 Å². The average Bonchev–Trinajstić information content (AvgIpc) is 3.38. The van der Waals surface area contributed by atoms with Crippen molar-refractivity contribution in [3.8, 4) is 0 Å². The van der Waals surface area contributed by atoms with Crippen LogP contribution in [0, 0.1) is 0 Å². The van der Waals surface area contributed by atoms with Crippen molar-refractivity contribution in [2.75, 3.05) is 13.6 Å². The van der Waals surface area contributed by atoms with Crippen LogP contribution in [0.5, 0.6) is 0 Å². The number of likely N-dealkylation sites (N-methyl/N-ethyl adjacent to an activating group) is 1. The number of aromatic nitrogens is 2. The number of carbonyl (C=O) groups excluding carboxylic acids is 2. The second-order valence-electron chi connectivity index (χ2n) is 8.74. The minimum Gasteiger partial charge on any atom is -0.436 e. The molecular weight excluding hydrogens is 465 g/mol. The van der Waals surface area contributed by atoms with E-state index in [1.165, 1.54) is 0 Å². The van der Waals surface area contributed by atoms with Gasteiger partial charge in [-0.25, -0.2) is 4.98 Å². The first-order valence-corrected chi connectivity index (χ1v) is 11.4. The molecule has 176 valence electrons. The molecule has 1 aromatic carbocycles. The van der Waals surface area contributed by atoms with Crippen molar-refractivity contribution in [2.45, 2.75) is 50.7 Å². The molecule has 2 amide bonds. The van der Waals surface area contributed by atoms with Gasteiger partial charge in [0.2, 0.25) is 0 Å². The van der Waals surface area contributed by atoms with E-state index in [1.807, 2.05) is 19.2 Å². The second kappa shape index (κ2) is 9.75. The number of hydrogen-bond acceptors (Lipinski definition) is 5. The van der Waals surface area contributed by atoms with Crippen LogP contribution >= 0.6 is 24.0 Å². The molecule has 0 bridgehead atoms. The highest BCUT2D eigenvalue weighted by atomic mass is 35.5. The maximum Gasteiger partial charge on any atom is 0.307 e. The number of nitrogens with zero attached hydrogens (tertiary/aromatic N) is 2. The molecule has 2 aliphatic rings. The van der Waals surface area contributed by atoms with Gasteiger partial charge in [-0.05, 0) is 44.2 Å². The number of rotatable bonds is 4. The Morgan fingerprint density at radius 3 is 2.64 bits per heavy atom. The minimum absolute atomic E-state index is 0. The maximum absolute atomic E-state index is 12.9. The summed E-state index contributed by atoms with van der Waals surface area (Å²) in [6.07, 6.45) is 4.37. The molecule has 3 heterocycles. The van der Waals surface area contributed by atoms with Crippen molar-refractivity contribution in [1.82, 2.24) is 25.5 Å². The molecule has 2 aromatic heterocycles. The van der Waals surface area contributed by atoms with E-state index in [1.54, 1.807) is 12.1 Å². The van der Waals surface area contributed by atoms with Crippen LogP contribution in [0.15, 0.2) is 28.7 Å². The van der Waals surface area contributed by atoms with E-state index in [-0.39, 0.29) is 42.2 Å². The van der Waals surface area contributed by atoms with E-state index in [0.717, 1.165) is 61.0 Å². The standard InChI is InChI=1S/C23H26ClN5O3.ClH/c1-29-9-8-18-20(12-29)32-23(28-18)22(31)27-17-5-3-2-4-16(17)26-21(30)19-11-13-10-14(24)6-7-15(13)25-19;/h6-7,10-11,16-17,25H,2-5,8-9,12H2,1H3,(H,26,30)(H,27,31);1H/t16-,17-;/m1./s1. The van der Waals surface area contributed by atoms with Gasteiger partial charge in [-0.15, -0.1) is 12.4 Å². The lowest BCUT2D eigenvalue weighted by Gasteiger charge is -2.32. The van der Waals surface area contributed by atoms with Gasteiger partial charge in [-0.2, -0.15) is 0 Å². The largest absolute Gasteiger partial charge is 0.436 e. The number of nitrogens with one attached hydrogen (secondary N) is 3. The van der Waals surface area contributed by atoms with Gasteiger partial charge >= 0.3 is 5.91 Å². The predicted molar refractivity (Wildman–Crippen MR) is 128 cm³/mol. The van der Waals surface area contributed by atoms with Crippen LogP contribution in [0.1, 0.15) is 58.3 Å². The molecular formula is C23H27Cl2N5O3. The summed E-state index contributed by atoms with van der Waals surface area (Å²) in [6.45, 7) is 1.56. The van der Waals surface area contributed by atoms with Crippen LogP contribution in [-0.2, 0) is 13.0 Å². The Balaban J connectivity index is 0.00000259. The van der Waals surface area contributed by atoms with Crippen molar-refractivity contribution in [2.24, 2.45) is 0 Å². The fourth-order valence-electron chi connectivity index (χ4n) is 4.60. The maximum atomic E-state index is 12.9. The van der Waals surface area contributed by atoms with Gasteiger partial charge in [0.15, 0.2) is 0 Å². The Morgan fingerprint density at radius 2 is 1.88 bits per heavy atom. The summed E-state index contributed by atoms with van der Waals surface area (Å²) in [5.41, 5.74) is 2.19. The number of amides is 2. The Bertz CT molecular complexity index is 1170. The summed E-state index contributed by atoms with van der Waals surface area (Å²) in [6, 6.07) is 6.92. The smallest absolute Gasteiger partial charge is 0.307 e. The van der Waals surface area contributed by atoms with E-state index >= 15 is 0 Å². The molecule has 3 N–H and O–H groups in total. The van der Waals surface area contributed by atoms with Gasteiger partial charge in [-0.1, -0.05) is 24.4 Å². The monoisotopic (exact) mass is 491 g/mol. The lowest BCUT2D eigenvalue weighted by molar-refractivity contribution is 0.0839. The van der Waals surface area contributed by atoms with Gasteiger partial charge in [0.05, 0.1) is 12.2 Å². The van der Waals surface area contributed by atoms with Crippen molar-refractivity contribution in [1.29, 1.82) is 0 Å².